The van der Waals surface area contributed by atoms with Crippen molar-refractivity contribution in [2.24, 2.45) is 21.7 Å². The van der Waals surface area contributed by atoms with Crippen LogP contribution >= 0.6 is 0 Å². The third-order valence-corrected chi connectivity index (χ3v) is 33.0. The largest absolute Gasteiger partial charge is 0.508 e. The topological polar surface area (TPSA) is 162 Å². The van der Waals surface area contributed by atoms with Crippen LogP contribution in [0, 0.1) is 35.5 Å². The monoisotopic (exact) mass is 1620 g/mol. The predicted octanol–water partition coefficient (Wildman–Crippen LogP) is 23.3. The molecular formula is C114H124O8. The van der Waals surface area contributed by atoms with Gasteiger partial charge in [-0.1, -0.05) is 253 Å². The zero-order valence-electron chi connectivity index (χ0n) is 72.2. The lowest BCUT2D eigenvalue weighted by atomic mass is 9.52. The van der Waals surface area contributed by atoms with Gasteiger partial charge in [0.25, 0.3) is 0 Å². The smallest absolute Gasteiger partial charge is 0.116 e. The highest BCUT2D eigenvalue weighted by Gasteiger charge is 2.59. The minimum atomic E-state index is -0.249. The van der Waals surface area contributed by atoms with Gasteiger partial charge >= 0.3 is 0 Å². The fourth-order valence-corrected chi connectivity index (χ4v) is 28.3. The van der Waals surface area contributed by atoms with Gasteiger partial charge in [-0.3, -0.25) is 0 Å². The number of aliphatic hydroxyl groups is 4. The maximum atomic E-state index is 11.0. The molecule has 12 aliphatic carbocycles. The molecule has 0 unspecified atom stereocenters. The zero-order valence-corrected chi connectivity index (χ0v) is 72.2. The number of phenolic OH excluding ortho intramolecular Hbond substituents is 4. The van der Waals surface area contributed by atoms with E-state index in [0.29, 0.717) is 23.0 Å². The molecule has 22 rings (SSSR count). The molecule has 10 aromatic carbocycles. The summed E-state index contributed by atoms with van der Waals surface area (Å²) in [6.07, 6.45) is 29.1. The van der Waals surface area contributed by atoms with Crippen molar-refractivity contribution in [2.75, 3.05) is 0 Å². The maximum Gasteiger partial charge on any atom is 0.116 e. The highest BCUT2D eigenvalue weighted by molar-refractivity contribution is 5.61. The Hall–Kier alpha value is -9.80. The summed E-state index contributed by atoms with van der Waals surface area (Å²) in [5.74, 6) is 1.51. The molecule has 10 aromatic rings. The van der Waals surface area contributed by atoms with Crippen LogP contribution in [-0.2, 0) is 85.9 Å². The van der Waals surface area contributed by atoms with Crippen molar-refractivity contribution in [2.45, 2.75) is 266 Å². The highest BCUT2D eigenvalue weighted by Crippen LogP contribution is 2.67. The summed E-state index contributed by atoms with van der Waals surface area (Å²) in [5, 5.41) is 83.9. The van der Waals surface area contributed by atoms with Gasteiger partial charge in [0.05, 0.1) is 24.4 Å². The van der Waals surface area contributed by atoms with Gasteiger partial charge in [0.15, 0.2) is 0 Å². The van der Waals surface area contributed by atoms with Crippen molar-refractivity contribution < 1.29 is 40.9 Å². The van der Waals surface area contributed by atoms with E-state index in [1.165, 1.54) is 89.0 Å². The molecule has 12 atom stereocenters. The fraction of sp³-hybridized carbons (Fsp3) is 0.404. The van der Waals surface area contributed by atoms with E-state index in [1.807, 2.05) is 48.5 Å². The predicted molar refractivity (Wildman–Crippen MR) is 490 cm³/mol. The molecule has 0 bridgehead atoms. The molecular weight excluding hydrogens is 1500 g/mol. The van der Waals surface area contributed by atoms with E-state index in [4.69, 9.17) is 0 Å². The van der Waals surface area contributed by atoms with Crippen LogP contribution in [-0.4, -0.2) is 65.3 Å². The Labute approximate surface area is 723 Å². The Morgan fingerprint density at radius 3 is 0.811 bits per heavy atom. The summed E-state index contributed by atoms with van der Waals surface area (Å²) in [4.78, 5) is 0. The normalized spacial score (nSPS) is 29.6. The number of fused-ring (bicyclic) bond motifs is 16. The summed E-state index contributed by atoms with van der Waals surface area (Å²) in [7, 11) is 0. The number of aryl methyl sites for hydroxylation is 6. The van der Waals surface area contributed by atoms with Crippen molar-refractivity contribution in [3.05, 3.63) is 376 Å². The number of aromatic hydroxyl groups is 4. The lowest BCUT2D eigenvalue weighted by molar-refractivity contribution is 0.148. The minimum absolute atomic E-state index is 0.0493. The number of hydrogen-bond acceptors (Lipinski definition) is 8. The first-order valence-corrected chi connectivity index (χ1v) is 46.2. The molecule has 628 valence electrons. The molecule has 0 amide bonds. The SMILES string of the molecule is C[C@@]12CC[C@]3(Cc4ccccc4)C[C@H](O)CC3=C1CCc1cc(O)ccc12.C[C@]12CC[C@]3(Cc4ccccc4)C[C@H](O)CC3=C1CCc1cc(O)ccc12.Cc1cc(O)cc2c1[C@@]1(Cc3ccccc3)CC[C@]3(Cc4ccccc4)C[C@H](O)CC3=C1CC2.Cc1cc(O)cc2c1[C@]1(Cc3ccccc3)CC[C@]3(Cc4ccccc4)C[C@H](O)CC3=C1CC2. The van der Waals surface area contributed by atoms with E-state index in [1.54, 1.807) is 44.6 Å². The van der Waals surface area contributed by atoms with Crippen molar-refractivity contribution >= 4 is 0 Å². The molecule has 0 aliphatic heterocycles. The fourth-order valence-electron chi connectivity index (χ4n) is 28.3. The van der Waals surface area contributed by atoms with Gasteiger partial charge in [-0.05, 0) is 366 Å². The van der Waals surface area contributed by atoms with Crippen LogP contribution in [0.2, 0.25) is 0 Å². The second kappa shape index (κ2) is 32.4. The Morgan fingerprint density at radius 2 is 0.508 bits per heavy atom. The zero-order chi connectivity index (χ0) is 84.0. The Kier molecular flexibility index (Phi) is 21.7. The Balaban J connectivity index is 0.000000108. The molecule has 0 radical (unpaired) electrons. The first-order chi connectivity index (χ1) is 59.0. The average molecular weight is 1620 g/mol. The number of hydrogen-bond donors (Lipinski definition) is 8. The van der Waals surface area contributed by atoms with Gasteiger partial charge in [-0.25, -0.2) is 0 Å². The van der Waals surface area contributed by atoms with Gasteiger partial charge in [-0.15, -0.1) is 0 Å². The molecule has 12 aliphatic rings. The maximum absolute atomic E-state index is 11.0. The number of rotatable bonds is 12. The van der Waals surface area contributed by atoms with E-state index in [-0.39, 0.29) is 67.7 Å². The minimum Gasteiger partial charge on any atom is -0.508 e. The molecule has 0 spiro atoms. The van der Waals surface area contributed by atoms with Crippen LogP contribution in [0.3, 0.4) is 0 Å². The van der Waals surface area contributed by atoms with Crippen LogP contribution in [0.15, 0.2) is 287 Å². The second-order valence-corrected chi connectivity index (χ2v) is 40.3. The quantitative estimate of drug-likeness (QED) is 0.0561. The summed E-state index contributed by atoms with van der Waals surface area (Å²) in [6, 6.07) is 84.9. The summed E-state index contributed by atoms with van der Waals surface area (Å²) >= 11 is 0. The van der Waals surface area contributed by atoms with Gasteiger partial charge < -0.3 is 40.9 Å². The van der Waals surface area contributed by atoms with Crippen molar-refractivity contribution in [1.29, 1.82) is 0 Å². The van der Waals surface area contributed by atoms with Crippen LogP contribution in [0.25, 0.3) is 0 Å². The van der Waals surface area contributed by atoms with E-state index < -0.39 is 0 Å². The number of allylic oxidation sites excluding steroid dienone is 4. The number of phenols is 4. The van der Waals surface area contributed by atoms with E-state index in [2.05, 4.69) is 222 Å². The van der Waals surface area contributed by atoms with Gasteiger partial charge in [0, 0.05) is 21.7 Å². The standard InChI is InChI=1S/2C32H34O2.2C25H28O2/c2*1-22-16-26(33)17-25-12-13-28-29-18-27(34)21-31(29,19-23-8-4-2-5-9-23)14-15-32(28,30(22)25)20-24-10-6-3-7-11-24;2*1-24-11-12-25(15-17-5-3-2-4-6-17)16-20(27)14-23(25)22(24)9-7-18-13-19(26)8-10-21(18)24/h2*2-11,16-17,27,33-34H,12-15,18-21H2,1H3;2*2-6,8,10,13,20,26-27H,7,9,11-12,14-16H2,1H3/t27-,31+,32+;27-,31+,32-;20-,24+,25+;20-,24-,25+/m1111/s1. The molecule has 8 nitrogen and oxygen atoms in total. The van der Waals surface area contributed by atoms with E-state index in [9.17, 15) is 40.9 Å². The summed E-state index contributed by atoms with van der Waals surface area (Å²) < 4.78 is 0. The van der Waals surface area contributed by atoms with Gasteiger partial charge in [0.1, 0.15) is 23.0 Å². The highest BCUT2D eigenvalue weighted by atomic mass is 16.3. The van der Waals surface area contributed by atoms with E-state index in [0.717, 1.165) is 193 Å². The van der Waals surface area contributed by atoms with Crippen LogP contribution in [0.4, 0.5) is 0 Å². The molecule has 0 saturated heterocycles. The number of aliphatic hydroxyl groups excluding tert-OH is 4. The average Bonchev–Trinajstić information content (AvgIpc) is 1.54. The Morgan fingerprint density at radius 1 is 0.254 bits per heavy atom. The third kappa shape index (κ3) is 14.8. The summed E-state index contributed by atoms with van der Waals surface area (Å²) in [6.45, 7) is 9.13. The summed E-state index contributed by atoms with van der Waals surface area (Å²) in [5.41, 5.74) is 34.5. The van der Waals surface area contributed by atoms with Crippen LogP contribution in [0.5, 0.6) is 23.0 Å². The van der Waals surface area contributed by atoms with Gasteiger partial charge in [0.2, 0.25) is 0 Å². The Bertz CT molecular complexity index is 5360. The van der Waals surface area contributed by atoms with E-state index >= 15 is 0 Å². The molecule has 8 N–H and O–H groups in total. The molecule has 8 heteroatoms. The lowest BCUT2D eigenvalue weighted by Crippen LogP contribution is -2.44. The first kappa shape index (κ1) is 81.8. The first-order valence-electron chi connectivity index (χ1n) is 46.2. The van der Waals surface area contributed by atoms with Crippen molar-refractivity contribution in [1.82, 2.24) is 0 Å². The molecule has 4 saturated carbocycles. The van der Waals surface area contributed by atoms with Crippen LogP contribution in [0.1, 0.15) is 231 Å². The third-order valence-electron chi connectivity index (χ3n) is 33.0. The molecule has 0 heterocycles. The second-order valence-electron chi connectivity index (χ2n) is 40.3. The molecule has 4 fully saturated rings. The molecule has 0 aromatic heterocycles. The van der Waals surface area contributed by atoms with Crippen molar-refractivity contribution in [3.63, 3.8) is 0 Å². The van der Waals surface area contributed by atoms with Gasteiger partial charge in [-0.2, -0.15) is 0 Å². The van der Waals surface area contributed by atoms with Crippen LogP contribution < -0.4 is 0 Å². The lowest BCUT2D eigenvalue weighted by Gasteiger charge is -2.51. The van der Waals surface area contributed by atoms with Crippen molar-refractivity contribution in [3.8, 4) is 23.0 Å². The number of benzene rings is 10. The molecule has 122 heavy (non-hydrogen) atoms.